The summed E-state index contributed by atoms with van der Waals surface area (Å²) in [6.45, 7) is 2.66. The van der Waals surface area contributed by atoms with E-state index in [0.717, 1.165) is 10.9 Å². The summed E-state index contributed by atoms with van der Waals surface area (Å²) in [7, 11) is 0. The van der Waals surface area contributed by atoms with Gasteiger partial charge in [0.25, 0.3) is 5.91 Å². The van der Waals surface area contributed by atoms with Crippen LogP contribution in [0.3, 0.4) is 0 Å². The molecule has 0 radical (unpaired) electrons. The number of carboxylic acids is 1. The molecule has 110 valence electrons. The van der Waals surface area contributed by atoms with Crippen molar-refractivity contribution in [3.63, 3.8) is 0 Å². The van der Waals surface area contributed by atoms with Gasteiger partial charge in [-0.15, -0.1) is 0 Å². The predicted octanol–water partition coefficient (Wildman–Crippen LogP) is 2.49. The lowest BCUT2D eigenvalue weighted by Crippen LogP contribution is -2.36. The van der Waals surface area contributed by atoms with Crippen molar-refractivity contribution in [1.82, 2.24) is 9.88 Å². The summed E-state index contributed by atoms with van der Waals surface area (Å²) in [5, 5.41) is 10.3. The first-order valence-electron chi connectivity index (χ1n) is 7.16. The van der Waals surface area contributed by atoms with E-state index in [1.54, 1.807) is 11.1 Å². The van der Waals surface area contributed by atoms with Gasteiger partial charge in [-0.25, -0.2) is 0 Å². The van der Waals surface area contributed by atoms with Crippen molar-refractivity contribution < 1.29 is 14.7 Å². The zero-order valence-electron chi connectivity index (χ0n) is 11.9. The molecule has 2 heterocycles. The Balaban J connectivity index is 1.89. The van der Waals surface area contributed by atoms with E-state index in [4.69, 9.17) is 0 Å². The fourth-order valence-electron chi connectivity index (χ4n) is 3.08. The van der Waals surface area contributed by atoms with Gasteiger partial charge < -0.3 is 15.0 Å². The van der Waals surface area contributed by atoms with Gasteiger partial charge in [-0.1, -0.05) is 25.1 Å². The number of carboxylic acid groups (broad SMARTS) is 1. The maximum absolute atomic E-state index is 12.7. The number of hydrogen-bond acceptors (Lipinski definition) is 2. The molecule has 0 aliphatic carbocycles. The largest absolute Gasteiger partial charge is 0.481 e. The number of likely N-dealkylation sites (tertiary alicyclic amines) is 1. The Morgan fingerprint density at radius 1 is 1.38 bits per heavy atom. The number of para-hydroxylation sites is 1. The number of aliphatic carboxylic acids is 1. The molecule has 0 bridgehead atoms. The van der Waals surface area contributed by atoms with Crippen LogP contribution in [0.1, 0.15) is 30.1 Å². The smallest absolute Gasteiger partial charge is 0.311 e. The highest BCUT2D eigenvalue weighted by molar-refractivity contribution is 6.07. The minimum absolute atomic E-state index is 0.0935. The molecule has 2 aromatic rings. The van der Waals surface area contributed by atoms with Crippen molar-refractivity contribution in [2.45, 2.75) is 19.8 Å². The lowest BCUT2D eigenvalue weighted by atomic mass is 9.84. The molecule has 0 spiro atoms. The number of fused-ring (bicyclic) bond motifs is 1. The Hall–Kier alpha value is -2.30. The van der Waals surface area contributed by atoms with Crippen LogP contribution in [0, 0.1) is 5.41 Å². The van der Waals surface area contributed by atoms with Crippen molar-refractivity contribution >= 4 is 22.8 Å². The number of carbonyl (C=O) groups excluding carboxylic acids is 1. The van der Waals surface area contributed by atoms with Gasteiger partial charge in [0.15, 0.2) is 0 Å². The SMILES string of the molecule is CCC1(C(=O)O)CCN(C(=O)c2c[nH]c3ccccc23)C1. The quantitative estimate of drug-likeness (QED) is 0.910. The lowest BCUT2D eigenvalue weighted by molar-refractivity contribution is -0.148. The number of amides is 1. The van der Waals surface area contributed by atoms with Crippen molar-refractivity contribution in [2.75, 3.05) is 13.1 Å². The summed E-state index contributed by atoms with van der Waals surface area (Å²) < 4.78 is 0. The molecule has 5 heteroatoms. The number of hydrogen-bond donors (Lipinski definition) is 2. The van der Waals surface area contributed by atoms with E-state index >= 15 is 0 Å². The summed E-state index contributed by atoms with van der Waals surface area (Å²) in [6, 6.07) is 7.63. The van der Waals surface area contributed by atoms with Crippen molar-refractivity contribution in [3.05, 3.63) is 36.0 Å². The molecule has 1 aromatic heterocycles. The summed E-state index contributed by atoms with van der Waals surface area (Å²) >= 11 is 0. The second-order valence-electron chi connectivity index (χ2n) is 5.66. The van der Waals surface area contributed by atoms with Gasteiger partial charge in [-0.3, -0.25) is 9.59 Å². The fourth-order valence-corrected chi connectivity index (χ4v) is 3.08. The molecule has 2 N–H and O–H groups in total. The molecule has 5 nitrogen and oxygen atoms in total. The fraction of sp³-hybridized carbons (Fsp3) is 0.375. The standard InChI is InChI=1S/C16H18N2O3/c1-2-16(15(20)21)7-8-18(10-16)14(19)12-9-17-13-6-4-3-5-11(12)13/h3-6,9,17H,2,7-8,10H2,1H3,(H,20,21). The van der Waals surface area contributed by atoms with Crippen LogP contribution in [0.15, 0.2) is 30.5 Å². The molecule has 1 fully saturated rings. The molecule has 1 atom stereocenters. The Morgan fingerprint density at radius 2 is 2.14 bits per heavy atom. The number of nitrogens with zero attached hydrogens (tertiary/aromatic N) is 1. The normalized spacial score (nSPS) is 21.9. The van der Waals surface area contributed by atoms with Gasteiger partial charge in [0.2, 0.25) is 0 Å². The van der Waals surface area contributed by atoms with E-state index in [1.165, 1.54) is 0 Å². The van der Waals surface area contributed by atoms with Crippen LogP contribution in [0.2, 0.25) is 0 Å². The monoisotopic (exact) mass is 286 g/mol. The molecule has 1 amide bonds. The van der Waals surface area contributed by atoms with E-state index in [-0.39, 0.29) is 12.5 Å². The van der Waals surface area contributed by atoms with Gasteiger partial charge in [0.1, 0.15) is 0 Å². The molecule has 1 aliphatic rings. The molecule has 1 saturated heterocycles. The number of nitrogens with one attached hydrogen (secondary N) is 1. The van der Waals surface area contributed by atoms with Crippen LogP contribution in [0.4, 0.5) is 0 Å². The van der Waals surface area contributed by atoms with Crippen LogP contribution in [0.5, 0.6) is 0 Å². The summed E-state index contributed by atoms with van der Waals surface area (Å²) in [4.78, 5) is 28.9. The van der Waals surface area contributed by atoms with Crippen molar-refractivity contribution in [3.8, 4) is 0 Å². The van der Waals surface area contributed by atoms with Crippen LogP contribution < -0.4 is 0 Å². The average Bonchev–Trinajstić information content (AvgIpc) is 3.12. The second kappa shape index (κ2) is 4.91. The maximum Gasteiger partial charge on any atom is 0.311 e. The molecular weight excluding hydrogens is 268 g/mol. The third-order valence-electron chi connectivity index (χ3n) is 4.59. The van der Waals surface area contributed by atoms with Crippen LogP contribution >= 0.6 is 0 Å². The molecule has 21 heavy (non-hydrogen) atoms. The Morgan fingerprint density at radius 3 is 2.81 bits per heavy atom. The zero-order valence-corrected chi connectivity index (χ0v) is 11.9. The molecular formula is C16H18N2O3. The first-order chi connectivity index (χ1) is 10.1. The number of aromatic amines is 1. The Labute approximate surface area is 122 Å². The van der Waals surface area contributed by atoms with E-state index in [0.29, 0.717) is 24.9 Å². The van der Waals surface area contributed by atoms with E-state index in [9.17, 15) is 14.7 Å². The van der Waals surface area contributed by atoms with Gasteiger partial charge >= 0.3 is 5.97 Å². The average molecular weight is 286 g/mol. The third kappa shape index (κ3) is 2.09. The summed E-state index contributed by atoms with van der Waals surface area (Å²) in [5.74, 6) is -0.900. The number of carbonyl (C=O) groups is 2. The molecule has 1 aromatic carbocycles. The third-order valence-corrected chi connectivity index (χ3v) is 4.59. The van der Waals surface area contributed by atoms with E-state index in [1.807, 2.05) is 31.2 Å². The van der Waals surface area contributed by atoms with E-state index in [2.05, 4.69) is 4.98 Å². The minimum Gasteiger partial charge on any atom is -0.481 e. The number of aromatic nitrogens is 1. The van der Waals surface area contributed by atoms with Gasteiger partial charge in [0.05, 0.1) is 11.0 Å². The lowest BCUT2D eigenvalue weighted by Gasteiger charge is -2.23. The highest BCUT2D eigenvalue weighted by atomic mass is 16.4. The number of benzene rings is 1. The van der Waals surface area contributed by atoms with Gasteiger partial charge in [-0.05, 0) is 18.9 Å². The summed E-state index contributed by atoms with van der Waals surface area (Å²) in [5.41, 5.74) is 0.741. The number of rotatable bonds is 3. The second-order valence-corrected chi connectivity index (χ2v) is 5.66. The maximum atomic E-state index is 12.7. The first-order valence-corrected chi connectivity index (χ1v) is 7.16. The first kappa shape index (κ1) is 13.7. The van der Waals surface area contributed by atoms with Crippen LogP contribution in [-0.2, 0) is 4.79 Å². The highest BCUT2D eigenvalue weighted by Crippen LogP contribution is 2.35. The molecule has 3 rings (SSSR count). The van der Waals surface area contributed by atoms with Gasteiger partial charge in [0, 0.05) is 30.2 Å². The Kier molecular flexibility index (Phi) is 3.20. The number of H-pyrrole nitrogens is 1. The zero-order chi connectivity index (χ0) is 15.0. The van der Waals surface area contributed by atoms with Crippen molar-refractivity contribution in [2.24, 2.45) is 5.41 Å². The van der Waals surface area contributed by atoms with E-state index < -0.39 is 11.4 Å². The minimum atomic E-state index is -0.806. The Bertz CT molecular complexity index is 706. The van der Waals surface area contributed by atoms with Gasteiger partial charge in [-0.2, -0.15) is 0 Å². The molecule has 1 unspecified atom stereocenters. The van der Waals surface area contributed by atoms with Crippen LogP contribution in [-0.4, -0.2) is 40.0 Å². The highest BCUT2D eigenvalue weighted by Gasteiger charge is 2.45. The topological polar surface area (TPSA) is 73.4 Å². The molecule has 0 saturated carbocycles. The predicted molar refractivity (Wildman–Crippen MR) is 79.2 cm³/mol. The van der Waals surface area contributed by atoms with Crippen LogP contribution in [0.25, 0.3) is 10.9 Å². The molecule has 1 aliphatic heterocycles. The summed E-state index contributed by atoms with van der Waals surface area (Å²) in [6.07, 6.45) is 2.77. The van der Waals surface area contributed by atoms with Crippen molar-refractivity contribution in [1.29, 1.82) is 0 Å².